The molecule has 1 aliphatic rings. The van der Waals surface area contributed by atoms with E-state index in [1.54, 1.807) is 34.5 Å². The maximum Gasteiger partial charge on any atom is 0.250 e. The Labute approximate surface area is 191 Å². The SMILES string of the molecule is O=C(C(Cc1ccccc1)NS(=O)(=O)c1cccs1)N1CCN(c2ccccc2F)CC1. The van der Waals surface area contributed by atoms with Gasteiger partial charge in [0.2, 0.25) is 5.91 Å². The molecule has 6 nitrogen and oxygen atoms in total. The number of carbonyl (C=O) groups excluding carboxylic acids is 1. The summed E-state index contributed by atoms with van der Waals surface area (Å²) in [6.07, 6.45) is 0.248. The van der Waals surface area contributed by atoms with Gasteiger partial charge in [0, 0.05) is 26.2 Å². The highest BCUT2D eigenvalue weighted by molar-refractivity contribution is 7.91. The van der Waals surface area contributed by atoms with Crippen molar-refractivity contribution in [2.45, 2.75) is 16.7 Å². The molecule has 1 aliphatic heterocycles. The molecule has 1 N–H and O–H groups in total. The minimum absolute atomic E-state index is 0.174. The van der Waals surface area contributed by atoms with Crippen molar-refractivity contribution in [2.75, 3.05) is 31.1 Å². The monoisotopic (exact) mass is 473 g/mol. The summed E-state index contributed by atoms with van der Waals surface area (Å²) in [7, 11) is -3.82. The van der Waals surface area contributed by atoms with Crippen LogP contribution in [0.5, 0.6) is 0 Å². The Balaban J connectivity index is 1.49. The van der Waals surface area contributed by atoms with Gasteiger partial charge in [-0.25, -0.2) is 12.8 Å². The Kier molecular flexibility index (Phi) is 6.88. The zero-order valence-electron chi connectivity index (χ0n) is 17.4. The van der Waals surface area contributed by atoms with Crippen molar-refractivity contribution in [1.82, 2.24) is 9.62 Å². The molecule has 0 radical (unpaired) electrons. The summed E-state index contributed by atoms with van der Waals surface area (Å²) in [6.45, 7) is 1.73. The molecule has 168 valence electrons. The van der Waals surface area contributed by atoms with Gasteiger partial charge >= 0.3 is 0 Å². The number of anilines is 1. The summed E-state index contributed by atoms with van der Waals surface area (Å²) >= 11 is 1.11. The molecule has 3 aromatic rings. The van der Waals surface area contributed by atoms with Crippen LogP contribution in [0.2, 0.25) is 0 Å². The van der Waals surface area contributed by atoms with E-state index in [0.29, 0.717) is 31.9 Å². The standard InChI is InChI=1S/C23H24FN3O3S2/c24-19-9-4-5-10-21(19)26-12-14-27(15-13-26)23(28)20(17-18-7-2-1-3-8-18)25-32(29,30)22-11-6-16-31-22/h1-11,16,20,25H,12-15,17H2. The summed E-state index contributed by atoms with van der Waals surface area (Å²) in [4.78, 5) is 16.9. The van der Waals surface area contributed by atoms with Crippen LogP contribution in [-0.2, 0) is 21.2 Å². The van der Waals surface area contributed by atoms with Gasteiger partial charge in [0.15, 0.2) is 0 Å². The van der Waals surface area contributed by atoms with Crippen LogP contribution in [0.1, 0.15) is 5.56 Å². The van der Waals surface area contributed by atoms with Crippen LogP contribution in [0.25, 0.3) is 0 Å². The first-order valence-corrected chi connectivity index (χ1v) is 12.7. The van der Waals surface area contributed by atoms with Gasteiger partial charge in [0.25, 0.3) is 10.0 Å². The first-order valence-electron chi connectivity index (χ1n) is 10.3. The van der Waals surface area contributed by atoms with Gasteiger partial charge in [0.1, 0.15) is 16.1 Å². The van der Waals surface area contributed by atoms with Crippen LogP contribution in [0.15, 0.2) is 76.3 Å². The van der Waals surface area contributed by atoms with Gasteiger partial charge < -0.3 is 9.80 Å². The number of nitrogens with zero attached hydrogens (tertiary/aromatic N) is 2. The number of hydrogen-bond acceptors (Lipinski definition) is 5. The van der Waals surface area contributed by atoms with E-state index in [1.165, 1.54) is 12.1 Å². The summed E-state index contributed by atoms with van der Waals surface area (Å²) in [5, 5.41) is 1.69. The summed E-state index contributed by atoms with van der Waals surface area (Å²) in [5.41, 5.74) is 1.38. The fourth-order valence-electron chi connectivity index (χ4n) is 3.79. The lowest BCUT2D eigenvalue weighted by molar-refractivity contribution is -0.133. The number of piperazine rings is 1. The predicted octanol–water partition coefficient (Wildman–Crippen LogP) is 3.13. The predicted molar refractivity (Wildman–Crippen MR) is 124 cm³/mol. The van der Waals surface area contributed by atoms with Crippen molar-refractivity contribution in [1.29, 1.82) is 0 Å². The molecular formula is C23H24FN3O3S2. The Hall–Kier alpha value is -2.75. The first-order chi connectivity index (χ1) is 15.4. The number of sulfonamides is 1. The van der Waals surface area contributed by atoms with Gasteiger partial charge in [-0.05, 0) is 35.6 Å². The molecule has 2 aromatic carbocycles. The molecule has 1 aromatic heterocycles. The molecule has 1 saturated heterocycles. The molecule has 9 heteroatoms. The zero-order chi connectivity index (χ0) is 22.6. The molecule has 1 fully saturated rings. The quantitative estimate of drug-likeness (QED) is 0.573. The maximum atomic E-state index is 14.1. The second-order valence-electron chi connectivity index (χ2n) is 7.56. The molecule has 0 aliphatic carbocycles. The Morgan fingerprint density at radius 1 is 0.969 bits per heavy atom. The van der Waals surface area contributed by atoms with Gasteiger partial charge in [-0.3, -0.25) is 4.79 Å². The lowest BCUT2D eigenvalue weighted by Crippen LogP contribution is -2.55. The minimum Gasteiger partial charge on any atom is -0.366 e. The van der Waals surface area contributed by atoms with E-state index in [0.717, 1.165) is 16.9 Å². The Morgan fingerprint density at radius 3 is 2.31 bits per heavy atom. The number of benzene rings is 2. The van der Waals surface area contributed by atoms with E-state index in [-0.39, 0.29) is 22.4 Å². The average molecular weight is 474 g/mol. The van der Waals surface area contributed by atoms with Gasteiger partial charge in [-0.2, -0.15) is 4.72 Å². The number of hydrogen-bond donors (Lipinski definition) is 1. The van der Waals surface area contributed by atoms with E-state index >= 15 is 0 Å². The fraction of sp³-hybridized carbons (Fsp3) is 0.261. The van der Waals surface area contributed by atoms with Crippen molar-refractivity contribution in [3.8, 4) is 0 Å². The minimum atomic E-state index is -3.82. The first kappa shape index (κ1) is 22.4. The largest absolute Gasteiger partial charge is 0.366 e. The smallest absolute Gasteiger partial charge is 0.250 e. The molecule has 2 heterocycles. The van der Waals surface area contributed by atoms with Crippen LogP contribution in [-0.4, -0.2) is 51.4 Å². The number of para-hydroxylation sites is 1. The summed E-state index contributed by atoms with van der Waals surface area (Å²) in [6, 6.07) is 18.2. The molecule has 0 bridgehead atoms. The number of carbonyl (C=O) groups is 1. The van der Waals surface area contributed by atoms with E-state index in [2.05, 4.69) is 4.72 Å². The summed E-state index contributed by atoms with van der Waals surface area (Å²) in [5.74, 6) is -0.569. The van der Waals surface area contributed by atoms with Gasteiger partial charge in [-0.15, -0.1) is 11.3 Å². The second kappa shape index (κ2) is 9.81. The third-order valence-electron chi connectivity index (χ3n) is 5.42. The van der Waals surface area contributed by atoms with E-state index in [1.807, 2.05) is 35.2 Å². The van der Waals surface area contributed by atoms with Crippen LogP contribution < -0.4 is 9.62 Å². The molecule has 32 heavy (non-hydrogen) atoms. The van der Waals surface area contributed by atoms with Crippen molar-refractivity contribution in [3.63, 3.8) is 0 Å². The third kappa shape index (κ3) is 5.17. The maximum absolute atomic E-state index is 14.1. The molecule has 1 atom stereocenters. The topological polar surface area (TPSA) is 69.7 Å². The lowest BCUT2D eigenvalue weighted by atomic mass is 10.1. The number of amides is 1. The lowest BCUT2D eigenvalue weighted by Gasteiger charge is -2.37. The van der Waals surface area contributed by atoms with E-state index < -0.39 is 16.1 Å². The fourth-order valence-corrected chi connectivity index (χ4v) is 5.99. The van der Waals surface area contributed by atoms with Crippen LogP contribution in [0.4, 0.5) is 10.1 Å². The zero-order valence-corrected chi connectivity index (χ0v) is 19.0. The van der Waals surface area contributed by atoms with Crippen molar-refractivity contribution in [3.05, 3.63) is 83.5 Å². The van der Waals surface area contributed by atoms with Gasteiger partial charge in [0.05, 0.1) is 5.69 Å². The highest BCUT2D eigenvalue weighted by atomic mass is 32.2. The number of thiophene rings is 1. The van der Waals surface area contributed by atoms with E-state index in [4.69, 9.17) is 0 Å². The molecule has 0 saturated carbocycles. The normalized spacial score (nSPS) is 15.5. The summed E-state index contributed by atoms with van der Waals surface area (Å²) < 4.78 is 42.6. The highest BCUT2D eigenvalue weighted by Gasteiger charge is 2.32. The second-order valence-corrected chi connectivity index (χ2v) is 10.4. The number of rotatable bonds is 7. The molecular weight excluding hydrogens is 449 g/mol. The molecule has 4 rings (SSSR count). The van der Waals surface area contributed by atoms with Crippen molar-refractivity contribution < 1.29 is 17.6 Å². The number of nitrogens with one attached hydrogen (secondary N) is 1. The Bertz CT molecular complexity index is 1150. The highest BCUT2D eigenvalue weighted by Crippen LogP contribution is 2.21. The van der Waals surface area contributed by atoms with Crippen LogP contribution in [0.3, 0.4) is 0 Å². The molecule has 1 unspecified atom stereocenters. The average Bonchev–Trinajstić information content (AvgIpc) is 3.36. The molecule has 1 amide bonds. The van der Waals surface area contributed by atoms with Crippen LogP contribution >= 0.6 is 11.3 Å². The van der Waals surface area contributed by atoms with Crippen molar-refractivity contribution >= 4 is 33.0 Å². The van der Waals surface area contributed by atoms with Gasteiger partial charge in [-0.1, -0.05) is 48.5 Å². The van der Waals surface area contributed by atoms with E-state index in [9.17, 15) is 17.6 Å². The Morgan fingerprint density at radius 2 is 1.66 bits per heavy atom. The van der Waals surface area contributed by atoms with Crippen molar-refractivity contribution in [2.24, 2.45) is 0 Å². The van der Waals surface area contributed by atoms with Crippen LogP contribution in [0, 0.1) is 5.82 Å². The number of halogens is 1. The molecule has 0 spiro atoms. The third-order valence-corrected chi connectivity index (χ3v) is 8.29.